The number of hydrogen-bond acceptors (Lipinski definition) is 3. The molecule has 1 aromatic rings. The molecular formula is C13H18O3. The third-order valence-electron chi connectivity index (χ3n) is 2.80. The molecule has 88 valence electrons. The Labute approximate surface area is 96.1 Å². The van der Waals surface area contributed by atoms with Gasteiger partial charge in [-0.05, 0) is 26.0 Å². The average molecular weight is 222 g/mol. The Hall–Kier alpha value is -1.35. The van der Waals surface area contributed by atoms with Gasteiger partial charge in [0.2, 0.25) is 0 Å². The fraction of sp³-hybridized carbons (Fsp3) is 0.462. The highest BCUT2D eigenvalue weighted by Gasteiger charge is 2.21. The van der Waals surface area contributed by atoms with Gasteiger partial charge in [-0.2, -0.15) is 0 Å². The van der Waals surface area contributed by atoms with Crippen LogP contribution in [0.2, 0.25) is 0 Å². The first-order chi connectivity index (χ1) is 7.52. The van der Waals surface area contributed by atoms with Crippen molar-refractivity contribution >= 4 is 5.97 Å². The van der Waals surface area contributed by atoms with Gasteiger partial charge in [-0.25, -0.2) is 4.79 Å². The van der Waals surface area contributed by atoms with E-state index >= 15 is 0 Å². The summed E-state index contributed by atoms with van der Waals surface area (Å²) in [4.78, 5) is 11.7. The summed E-state index contributed by atoms with van der Waals surface area (Å²) in [5, 5.41) is 9.38. The zero-order valence-electron chi connectivity index (χ0n) is 9.88. The van der Waals surface area contributed by atoms with Crippen molar-refractivity contribution < 1.29 is 14.6 Å². The maximum atomic E-state index is 11.7. The number of aliphatic hydroxyl groups is 1. The van der Waals surface area contributed by atoms with Gasteiger partial charge >= 0.3 is 5.97 Å². The van der Waals surface area contributed by atoms with Crippen LogP contribution in [-0.2, 0) is 4.74 Å². The molecule has 0 aliphatic heterocycles. The number of ether oxygens (including phenoxy) is 1. The molecule has 0 heterocycles. The highest BCUT2D eigenvalue weighted by Crippen LogP contribution is 2.13. The molecule has 1 N–H and O–H groups in total. The second kappa shape index (κ2) is 5.66. The minimum Gasteiger partial charge on any atom is -0.459 e. The molecule has 0 aliphatic carbocycles. The van der Waals surface area contributed by atoms with E-state index in [2.05, 4.69) is 0 Å². The molecule has 0 aromatic heterocycles. The van der Waals surface area contributed by atoms with Gasteiger partial charge in [-0.15, -0.1) is 0 Å². The number of rotatable bonds is 4. The van der Waals surface area contributed by atoms with Crippen molar-refractivity contribution in [3.8, 4) is 0 Å². The van der Waals surface area contributed by atoms with Crippen molar-refractivity contribution in [2.75, 3.05) is 0 Å². The Bertz CT molecular complexity index is 332. The zero-order chi connectivity index (χ0) is 12.1. The van der Waals surface area contributed by atoms with E-state index in [1.54, 1.807) is 38.1 Å². The van der Waals surface area contributed by atoms with Crippen molar-refractivity contribution in [3.05, 3.63) is 35.9 Å². The van der Waals surface area contributed by atoms with Crippen molar-refractivity contribution in [1.29, 1.82) is 0 Å². The Morgan fingerprint density at radius 2 is 1.75 bits per heavy atom. The molecule has 0 amide bonds. The quantitative estimate of drug-likeness (QED) is 0.795. The lowest BCUT2D eigenvalue weighted by Gasteiger charge is -2.22. The van der Waals surface area contributed by atoms with Crippen molar-refractivity contribution in [2.24, 2.45) is 5.92 Å². The minimum absolute atomic E-state index is 0.0762. The molecule has 0 spiro atoms. The average Bonchev–Trinajstić information content (AvgIpc) is 2.28. The van der Waals surface area contributed by atoms with Gasteiger partial charge in [0.1, 0.15) is 6.10 Å². The first kappa shape index (κ1) is 12.7. The predicted octanol–water partition coefficient (Wildman–Crippen LogP) is 2.25. The third kappa shape index (κ3) is 3.35. The second-order valence-corrected chi connectivity index (χ2v) is 4.08. The summed E-state index contributed by atoms with van der Waals surface area (Å²) in [5.74, 6) is -0.423. The van der Waals surface area contributed by atoms with E-state index in [-0.39, 0.29) is 18.0 Å². The number of carbonyl (C=O) groups is 1. The molecule has 0 radical (unpaired) electrons. The lowest BCUT2D eigenvalue weighted by Crippen LogP contribution is -2.29. The van der Waals surface area contributed by atoms with Crippen molar-refractivity contribution in [3.63, 3.8) is 0 Å². The van der Waals surface area contributed by atoms with Crippen LogP contribution in [0.1, 0.15) is 31.1 Å². The van der Waals surface area contributed by atoms with Crippen LogP contribution < -0.4 is 0 Å². The molecule has 16 heavy (non-hydrogen) atoms. The minimum atomic E-state index is -0.487. The van der Waals surface area contributed by atoms with Crippen molar-refractivity contribution in [1.82, 2.24) is 0 Å². The van der Waals surface area contributed by atoms with E-state index in [1.807, 2.05) is 13.0 Å². The molecule has 1 aromatic carbocycles. The number of aliphatic hydroxyl groups excluding tert-OH is 1. The van der Waals surface area contributed by atoms with Gasteiger partial charge in [-0.1, -0.05) is 25.1 Å². The summed E-state index contributed by atoms with van der Waals surface area (Å²) >= 11 is 0. The Kier molecular flexibility index (Phi) is 4.50. The van der Waals surface area contributed by atoms with Crippen LogP contribution in [0.25, 0.3) is 0 Å². The summed E-state index contributed by atoms with van der Waals surface area (Å²) in [7, 11) is 0. The summed E-state index contributed by atoms with van der Waals surface area (Å²) in [5.41, 5.74) is 0.534. The number of carbonyl (C=O) groups excluding carboxylic acids is 1. The van der Waals surface area contributed by atoms with E-state index in [9.17, 15) is 9.90 Å². The van der Waals surface area contributed by atoms with Gasteiger partial charge < -0.3 is 9.84 Å². The Morgan fingerprint density at radius 1 is 1.19 bits per heavy atom. The fourth-order valence-corrected chi connectivity index (χ4v) is 1.31. The number of esters is 1. The van der Waals surface area contributed by atoms with Crippen LogP contribution >= 0.6 is 0 Å². The third-order valence-corrected chi connectivity index (χ3v) is 2.80. The maximum Gasteiger partial charge on any atom is 0.338 e. The highest BCUT2D eigenvalue weighted by atomic mass is 16.5. The summed E-state index contributed by atoms with van der Waals surface area (Å²) in [6, 6.07) is 8.85. The van der Waals surface area contributed by atoms with Crippen molar-refractivity contribution in [2.45, 2.75) is 33.0 Å². The van der Waals surface area contributed by atoms with E-state index in [0.29, 0.717) is 5.56 Å². The molecule has 3 heteroatoms. The van der Waals surface area contributed by atoms with Crippen LogP contribution in [0.5, 0.6) is 0 Å². The molecule has 0 unspecified atom stereocenters. The molecule has 0 saturated carbocycles. The van der Waals surface area contributed by atoms with Gasteiger partial charge in [0, 0.05) is 5.92 Å². The smallest absolute Gasteiger partial charge is 0.338 e. The van der Waals surface area contributed by atoms with Crippen LogP contribution in [-0.4, -0.2) is 23.3 Å². The lowest BCUT2D eigenvalue weighted by atomic mass is 10.0. The maximum absolute atomic E-state index is 11.7. The van der Waals surface area contributed by atoms with Gasteiger partial charge in [0.05, 0.1) is 11.7 Å². The SMILES string of the molecule is C[C@@H]([C@H](C)O)[C@@H](C)OC(=O)c1ccccc1. The summed E-state index contributed by atoms with van der Waals surface area (Å²) in [6.45, 7) is 5.34. The monoisotopic (exact) mass is 222 g/mol. The Balaban J connectivity index is 2.59. The number of hydrogen-bond donors (Lipinski definition) is 1. The normalized spacial score (nSPS) is 16.2. The van der Waals surface area contributed by atoms with E-state index in [1.165, 1.54) is 0 Å². The molecular weight excluding hydrogens is 204 g/mol. The van der Waals surface area contributed by atoms with Gasteiger partial charge in [-0.3, -0.25) is 0 Å². The van der Waals surface area contributed by atoms with E-state index in [4.69, 9.17) is 4.74 Å². The zero-order valence-corrected chi connectivity index (χ0v) is 9.88. The first-order valence-corrected chi connectivity index (χ1v) is 5.46. The predicted molar refractivity (Wildman–Crippen MR) is 62.2 cm³/mol. The van der Waals surface area contributed by atoms with Crippen LogP contribution in [0.4, 0.5) is 0 Å². The molecule has 1 rings (SSSR count). The van der Waals surface area contributed by atoms with Gasteiger partial charge in [0.15, 0.2) is 0 Å². The van der Waals surface area contributed by atoms with Crippen LogP contribution in [0.15, 0.2) is 30.3 Å². The van der Waals surface area contributed by atoms with Crippen LogP contribution in [0, 0.1) is 5.92 Å². The summed E-state index contributed by atoms with van der Waals surface area (Å²) < 4.78 is 5.26. The lowest BCUT2D eigenvalue weighted by molar-refractivity contribution is -0.00188. The standard InChI is InChI=1S/C13H18O3/c1-9(10(2)14)11(3)16-13(15)12-7-5-4-6-8-12/h4-11,14H,1-3H3/t9-,10-,11+/m0/s1. The molecule has 3 nitrogen and oxygen atoms in total. The number of benzene rings is 1. The second-order valence-electron chi connectivity index (χ2n) is 4.08. The topological polar surface area (TPSA) is 46.5 Å². The molecule has 0 bridgehead atoms. The fourth-order valence-electron chi connectivity index (χ4n) is 1.31. The summed E-state index contributed by atoms with van der Waals surface area (Å²) in [6.07, 6.45) is -0.786. The van der Waals surface area contributed by atoms with Gasteiger partial charge in [0.25, 0.3) is 0 Å². The molecule has 3 atom stereocenters. The molecule has 0 fully saturated rings. The molecule has 0 saturated heterocycles. The van der Waals surface area contributed by atoms with Crippen LogP contribution in [0.3, 0.4) is 0 Å². The largest absolute Gasteiger partial charge is 0.459 e. The van der Waals surface area contributed by atoms with E-state index in [0.717, 1.165) is 0 Å². The highest BCUT2D eigenvalue weighted by molar-refractivity contribution is 5.89. The Morgan fingerprint density at radius 3 is 2.25 bits per heavy atom. The van der Waals surface area contributed by atoms with E-state index < -0.39 is 6.10 Å². The first-order valence-electron chi connectivity index (χ1n) is 5.46. The molecule has 0 aliphatic rings.